The molecule has 0 fully saturated rings. The van der Waals surface area contributed by atoms with E-state index in [1.807, 2.05) is 0 Å². The monoisotopic (exact) mass is 476 g/mol. The minimum Gasteiger partial charge on any atom is -0.406 e. The van der Waals surface area contributed by atoms with E-state index in [4.69, 9.17) is 0 Å². The molecular weight excluding hydrogens is 460 g/mol. The van der Waals surface area contributed by atoms with Crippen LogP contribution in [0.15, 0.2) is 46.9 Å². The summed E-state index contributed by atoms with van der Waals surface area (Å²) in [6.07, 6.45) is -4.76. The highest BCUT2D eigenvalue weighted by atomic mass is 79.9. The summed E-state index contributed by atoms with van der Waals surface area (Å²) in [5, 5.41) is 2.54. The van der Waals surface area contributed by atoms with Crippen molar-refractivity contribution < 1.29 is 31.9 Å². The molecule has 0 radical (unpaired) electrons. The Morgan fingerprint density at radius 1 is 1.14 bits per heavy atom. The zero-order chi connectivity index (χ0) is 21.6. The van der Waals surface area contributed by atoms with E-state index in [-0.39, 0.29) is 36.7 Å². The Labute approximate surface area is 172 Å². The highest BCUT2D eigenvalue weighted by molar-refractivity contribution is 9.10. The molecule has 2 rings (SSSR count). The van der Waals surface area contributed by atoms with Crippen molar-refractivity contribution in [1.29, 1.82) is 0 Å². The molecule has 2 aromatic carbocycles. The third kappa shape index (κ3) is 7.37. The lowest BCUT2D eigenvalue weighted by atomic mass is 10.2. The first-order valence-corrected chi connectivity index (χ1v) is 9.16. The number of carbonyl (C=O) groups excluding carboxylic acids is 2. The summed E-state index contributed by atoms with van der Waals surface area (Å²) in [5.74, 6) is -1.70. The maximum absolute atomic E-state index is 13.3. The summed E-state index contributed by atoms with van der Waals surface area (Å²) >= 11 is 3.16. The van der Waals surface area contributed by atoms with Gasteiger partial charge in [-0.25, -0.2) is 4.39 Å². The minimum atomic E-state index is -4.76. The molecule has 0 saturated carbocycles. The summed E-state index contributed by atoms with van der Waals surface area (Å²) < 4.78 is 53.9. The van der Waals surface area contributed by atoms with E-state index in [9.17, 15) is 27.2 Å². The Morgan fingerprint density at radius 2 is 1.79 bits per heavy atom. The van der Waals surface area contributed by atoms with Crippen LogP contribution in [-0.2, 0) is 11.3 Å². The van der Waals surface area contributed by atoms with Crippen molar-refractivity contribution >= 4 is 27.7 Å². The second-order valence-electron chi connectivity index (χ2n) is 6.07. The fourth-order valence-electron chi connectivity index (χ4n) is 2.40. The van der Waals surface area contributed by atoms with E-state index in [0.29, 0.717) is 10.0 Å². The van der Waals surface area contributed by atoms with Crippen LogP contribution >= 0.6 is 15.9 Å². The molecule has 5 nitrogen and oxygen atoms in total. The van der Waals surface area contributed by atoms with Crippen molar-refractivity contribution in [2.75, 3.05) is 13.6 Å². The standard InChI is InChI=1S/C19H17BrF4N2O3/c1-26(11-12-2-5-14(6-3-12)29-19(22,23)24)17(27)8-9-25-18(28)15-10-13(21)4-7-16(15)20/h2-7,10H,8-9,11H2,1H3,(H,25,28). The van der Waals surface area contributed by atoms with Crippen LogP contribution in [0, 0.1) is 5.82 Å². The summed E-state index contributed by atoms with van der Waals surface area (Å²) in [7, 11) is 1.54. The normalized spacial score (nSPS) is 11.1. The zero-order valence-electron chi connectivity index (χ0n) is 15.2. The van der Waals surface area contributed by atoms with Gasteiger partial charge in [-0.15, -0.1) is 13.2 Å². The predicted octanol–water partition coefficient (Wildman–Crippen LogP) is 4.27. The Morgan fingerprint density at radius 3 is 2.41 bits per heavy atom. The third-order valence-corrected chi connectivity index (χ3v) is 4.49. The Kier molecular flexibility index (Phi) is 7.60. The van der Waals surface area contributed by atoms with E-state index in [1.54, 1.807) is 0 Å². The number of hydrogen-bond acceptors (Lipinski definition) is 3. The maximum Gasteiger partial charge on any atom is 0.573 e. The van der Waals surface area contributed by atoms with E-state index >= 15 is 0 Å². The molecule has 0 spiro atoms. The SMILES string of the molecule is CN(Cc1ccc(OC(F)(F)F)cc1)C(=O)CCNC(=O)c1cc(F)ccc1Br. The molecule has 2 aromatic rings. The quantitative estimate of drug-likeness (QED) is 0.607. The summed E-state index contributed by atoms with van der Waals surface area (Å²) in [4.78, 5) is 25.6. The largest absolute Gasteiger partial charge is 0.573 e. The van der Waals surface area contributed by atoms with Crippen molar-refractivity contribution in [3.63, 3.8) is 0 Å². The van der Waals surface area contributed by atoms with Crippen LogP contribution in [0.5, 0.6) is 5.75 Å². The van der Waals surface area contributed by atoms with Crippen molar-refractivity contribution in [3.8, 4) is 5.75 Å². The van der Waals surface area contributed by atoms with E-state index in [1.165, 1.54) is 36.2 Å². The number of ether oxygens (including phenoxy) is 1. The lowest BCUT2D eigenvalue weighted by molar-refractivity contribution is -0.274. The van der Waals surface area contributed by atoms with Crippen LogP contribution in [0.3, 0.4) is 0 Å². The van der Waals surface area contributed by atoms with Gasteiger partial charge in [0.1, 0.15) is 11.6 Å². The predicted molar refractivity (Wildman–Crippen MR) is 101 cm³/mol. The van der Waals surface area contributed by atoms with Crippen LogP contribution in [-0.4, -0.2) is 36.7 Å². The molecule has 156 valence electrons. The number of rotatable bonds is 7. The fourth-order valence-corrected chi connectivity index (χ4v) is 2.83. The second kappa shape index (κ2) is 9.73. The smallest absolute Gasteiger partial charge is 0.406 e. The molecule has 0 aliphatic carbocycles. The molecule has 0 aliphatic heterocycles. The van der Waals surface area contributed by atoms with Crippen LogP contribution in [0.1, 0.15) is 22.3 Å². The van der Waals surface area contributed by atoms with Crippen LogP contribution in [0.4, 0.5) is 17.6 Å². The first-order chi connectivity index (χ1) is 13.5. The van der Waals surface area contributed by atoms with Gasteiger partial charge in [-0.05, 0) is 51.8 Å². The fraction of sp³-hybridized carbons (Fsp3) is 0.263. The first kappa shape index (κ1) is 22.7. The molecule has 0 aromatic heterocycles. The number of nitrogens with one attached hydrogen (secondary N) is 1. The number of nitrogens with zero attached hydrogens (tertiary/aromatic N) is 1. The first-order valence-electron chi connectivity index (χ1n) is 8.37. The average molecular weight is 477 g/mol. The number of alkyl halides is 3. The van der Waals surface area contributed by atoms with Crippen LogP contribution in [0.25, 0.3) is 0 Å². The van der Waals surface area contributed by atoms with Gasteiger partial charge in [0, 0.05) is 31.0 Å². The summed E-state index contributed by atoms with van der Waals surface area (Å²) in [6, 6.07) is 8.88. The second-order valence-corrected chi connectivity index (χ2v) is 6.93. The van der Waals surface area contributed by atoms with Gasteiger partial charge in [-0.1, -0.05) is 12.1 Å². The molecule has 1 N–H and O–H groups in total. The number of amides is 2. The summed E-state index contributed by atoms with van der Waals surface area (Å²) in [6.45, 7) is 0.220. The molecular formula is C19H17BrF4N2O3. The van der Waals surface area contributed by atoms with Crippen LogP contribution < -0.4 is 10.1 Å². The Balaban J connectivity index is 1.81. The van der Waals surface area contributed by atoms with Gasteiger partial charge in [0.25, 0.3) is 5.91 Å². The molecule has 0 bridgehead atoms. The Hall–Kier alpha value is -2.62. The molecule has 2 amide bonds. The molecule has 0 unspecified atom stereocenters. The lowest BCUT2D eigenvalue weighted by Crippen LogP contribution is -2.32. The molecule has 0 aliphatic rings. The van der Waals surface area contributed by atoms with Gasteiger partial charge in [-0.3, -0.25) is 9.59 Å². The van der Waals surface area contributed by atoms with Gasteiger partial charge in [-0.2, -0.15) is 0 Å². The number of benzene rings is 2. The van der Waals surface area contributed by atoms with Gasteiger partial charge in [0.2, 0.25) is 5.91 Å². The lowest BCUT2D eigenvalue weighted by Gasteiger charge is -2.18. The Bertz CT molecular complexity index is 873. The molecule has 0 saturated heterocycles. The summed E-state index contributed by atoms with van der Waals surface area (Å²) in [5.41, 5.74) is 0.732. The van der Waals surface area contributed by atoms with Crippen molar-refractivity contribution in [2.24, 2.45) is 0 Å². The van der Waals surface area contributed by atoms with Gasteiger partial charge in [0.15, 0.2) is 0 Å². The third-order valence-electron chi connectivity index (χ3n) is 3.80. The highest BCUT2D eigenvalue weighted by Gasteiger charge is 2.30. The van der Waals surface area contributed by atoms with Crippen molar-refractivity contribution in [1.82, 2.24) is 10.2 Å². The van der Waals surface area contributed by atoms with Gasteiger partial charge < -0.3 is 15.0 Å². The van der Waals surface area contributed by atoms with E-state index in [2.05, 4.69) is 26.0 Å². The molecule has 0 atom stereocenters. The molecule has 10 heteroatoms. The highest BCUT2D eigenvalue weighted by Crippen LogP contribution is 2.23. The maximum atomic E-state index is 13.3. The zero-order valence-corrected chi connectivity index (χ0v) is 16.8. The topological polar surface area (TPSA) is 58.6 Å². The molecule has 0 heterocycles. The average Bonchev–Trinajstić information content (AvgIpc) is 2.63. The number of hydrogen-bond donors (Lipinski definition) is 1. The number of halogens is 5. The van der Waals surface area contributed by atoms with E-state index in [0.717, 1.165) is 18.2 Å². The van der Waals surface area contributed by atoms with Crippen molar-refractivity contribution in [2.45, 2.75) is 19.3 Å². The van der Waals surface area contributed by atoms with E-state index < -0.39 is 18.1 Å². The number of carbonyl (C=O) groups is 2. The van der Waals surface area contributed by atoms with Gasteiger partial charge in [0.05, 0.1) is 5.56 Å². The van der Waals surface area contributed by atoms with Crippen molar-refractivity contribution in [3.05, 3.63) is 63.9 Å². The van der Waals surface area contributed by atoms with Gasteiger partial charge >= 0.3 is 6.36 Å². The minimum absolute atomic E-state index is 0.00441. The molecule has 29 heavy (non-hydrogen) atoms. The van der Waals surface area contributed by atoms with Crippen LogP contribution in [0.2, 0.25) is 0 Å².